The van der Waals surface area contributed by atoms with E-state index in [4.69, 9.17) is 0 Å². The minimum atomic E-state index is 0.779. The van der Waals surface area contributed by atoms with Gasteiger partial charge in [0.2, 0.25) is 0 Å². The van der Waals surface area contributed by atoms with Crippen molar-refractivity contribution in [2.45, 2.75) is 57.2 Å². The fourth-order valence-electron chi connectivity index (χ4n) is 2.08. The van der Waals surface area contributed by atoms with Gasteiger partial charge in [-0.15, -0.1) is 0 Å². The summed E-state index contributed by atoms with van der Waals surface area (Å²) in [5, 5.41) is 4.35. The molecule has 1 aliphatic carbocycles. The van der Waals surface area contributed by atoms with Gasteiger partial charge in [0.25, 0.3) is 0 Å². The molecule has 2 unspecified atom stereocenters. The Labute approximate surface area is 93.4 Å². The summed E-state index contributed by atoms with van der Waals surface area (Å²) in [4.78, 5) is 0. The van der Waals surface area contributed by atoms with E-state index in [1.54, 1.807) is 0 Å². The Hall–Kier alpha value is 0.310. The van der Waals surface area contributed by atoms with Gasteiger partial charge in [0, 0.05) is 11.3 Å². The summed E-state index contributed by atoms with van der Waals surface area (Å²) in [6.07, 6.45) is 7.05. The first-order chi connectivity index (χ1) is 6.74. The lowest BCUT2D eigenvalue weighted by atomic mass is 9.95. The van der Waals surface area contributed by atoms with Crippen molar-refractivity contribution in [1.82, 2.24) is 5.32 Å². The lowest BCUT2D eigenvalue weighted by Crippen LogP contribution is -2.38. The van der Waals surface area contributed by atoms with Crippen LogP contribution in [0.2, 0.25) is 0 Å². The molecule has 0 aromatic heterocycles. The molecule has 1 aliphatic rings. The number of nitrogens with one attached hydrogen (secondary N) is 1. The topological polar surface area (TPSA) is 12.0 Å². The molecule has 0 aliphatic heterocycles. The molecule has 0 spiro atoms. The molecule has 1 fully saturated rings. The van der Waals surface area contributed by atoms with E-state index in [-0.39, 0.29) is 0 Å². The summed E-state index contributed by atoms with van der Waals surface area (Å²) in [6, 6.07) is 0.779. The van der Waals surface area contributed by atoms with Gasteiger partial charge in [-0.1, -0.05) is 26.7 Å². The maximum atomic E-state index is 3.47. The predicted molar refractivity (Wildman–Crippen MR) is 67.0 cm³/mol. The third-order valence-electron chi connectivity index (χ3n) is 3.10. The Morgan fingerprint density at radius 3 is 2.64 bits per heavy atom. The van der Waals surface area contributed by atoms with Crippen molar-refractivity contribution < 1.29 is 0 Å². The number of hydrogen-bond donors (Lipinski definition) is 1. The van der Waals surface area contributed by atoms with Gasteiger partial charge in [0.1, 0.15) is 0 Å². The molecule has 1 rings (SSSR count). The van der Waals surface area contributed by atoms with Crippen molar-refractivity contribution in [3.63, 3.8) is 0 Å². The van der Waals surface area contributed by atoms with E-state index in [0.29, 0.717) is 0 Å². The summed E-state index contributed by atoms with van der Waals surface area (Å²) in [5.74, 6) is 2.21. The van der Waals surface area contributed by atoms with Crippen LogP contribution < -0.4 is 5.32 Å². The average molecular weight is 215 g/mol. The van der Waals surface area contributed by atoms with E-state index in [0.717, 1.165) is 17.2 Å². The molecule has 1 N–H and O–H groups in total. The van der Waals surface area contributed by atoms with E-state index in [9.17, 15) is 0 Å². The summed E-state index contributed by atoms with van der Waals surface area (Å²) < 4.78 is 0. The van der Waals surface area contributed by atoms with E-state index in [2.05, 4.69) is 38.0 Å². The largest absolute Gasteiger partial charge is 0.316 e. The van der Waals surface area contributed by atoms with Crippen molar-refractivity contribution in [3.05, 3.63) is 0 Å². The third-order valence-corrected chi connectivity index (χ3v) is 4.56. The highest BCUT2D eigenvalue weighted by Crippen LogP contribution is 2.29. The fraction of sp³-hybridized carbons (Fsp3) is 1.00. The first-order valence-electron chi connectivity index (χ1n) is 6.03. The molecule has 0 amide bonds. The Bertz CT molecular complexity index is 147. The summed E-state index contributed by atoms with van der Waals surface area (Å²) in [7, 11) is 2.12. The van der Waals surface area contributed by atoms with Crippen LogP contribution in [0.1, 0.15) is 46.0 Å². The van der Waals surface area contributed by atoms with Crippen molar-refractivity contribution in [3.8, 4) is 0 Å². The molecular formula is C12H25NS. The molecule has 1 saturated carbocycles. The summed E-state index contributed by atoms with van der Waals surface area (Å²) in [5.41, 5.74) is 0. The zero-order chi connectivity index (χ0) is 10.4. The van der Waals surface area contributed by atoms with Gasteiger partial charge in [-0.25, -0.2) is 0 Å². The molecular weight excluding hydrogens is 190 g/mol. The Kier molecular flexibility index (Phi) is 5.95. The van der Waals surface area contributed by atoms with Crippen LogP contribution in [0.15, 0.2) is 0 Å². The molecule has 2 atom stereocenters. The Morgan fingerprint density at radius 2 is 2.00 bits per heavy atom. The average Bonchev–Trinajstić information content (AvgIpc) is 2.18. The zero-order valence-corrected chi connectivity index (χ0v) is 10.7. The summed E-state index contributed by atoms with van der Waals surface area (Å²) in [6.45, 7) is 4.63. The van der Waals surface area contributed by atoms with Gasteiger partial charge in [-0.05, 0) is 38.0 Å². The van der Waals surface area contributed by atoms with Gasteiger partial charge in [0.05, 0.1) is 0 Å². The highest BCUT2D eigenvalue weighted by Gasteiger charge is 2.23. The van der Waals surface area contributed by atoms with E-state index in [1.165, 1.54) is 37.9 Å². The smallest absolute Gasteiger partial charge is 0.0201 e. The van der Waals surface area contributed by atoms with Gasteiger partial charge in [-0.3, -0.25) is 0 Å². The SMILES string of the molecule is CNC1CCCCC1SCCC(C)C. The summed E-state index contributed by atoms with van der Waals surface area (Å²) >= 11 is 2.20. The molecule has 0 radical (unpaired) electrons. The van der Waals surface area contributed by atoms with Crippen LogP contribution in [0.5, 0.6) is 0 Å². The first-order valence-corrected chi connectivity index (χ1v) is 7.07. The van der Waals surface area contributed by atoms with Crippen molar-refractivity contribution in [2.75, 3.05) is 12.8 Å². The van der Waals surface area contributed by atoms with Crippen molar-refractivity contribution in [2.24, 2.45) is 5.92 Å². The highest BCUT2D eigenvalue weighted by molar-refractivity contribution is 7.99. The maximum absolute atomic E-state index is 3.47. The molecule has 0 aromatic carbocycles. The monoisotopic (exact) mass is 215 g/mol. The van der Waals surface area contributed by atoms with Crippen molar-refractivity contribution in [1.29, 1.82) is 0 Å². The van der Waals surface area contributed by atoms with E-state index in [1.807, 2.05) is 0 Å². The minimum absolute atomic E-state index is 0.779. The lowest BCUT2D eigenvalue weighted by molar-refractivity contribution is 0.405. The third kappa shape index (κ3) is 4.22. The van der Waals surface area contributed by atoms with Gasteiger partial charge >= 0.3 is 0 Å². The second-order valence-electron chi connectivity index (χ2n) is 4.77. The fourth-order valence-corrected chi connectivity index (χ4v) is 3.83. The van der Waals surface area contributed by atoms with Crippen LogP contribution in [0.25, 0.3) is 0 Å². The van der Waals surface area contributed by atoms with Crippen LogP contribution >= 0.6 is 11.8 Å². The predicted octanol–water partition coefficient (Wildman–Crippen LogP) is 3.30. The molecule has 1 nitrogen and oxygen atoms in total. The second kappa shape index (κ2) is 6.73. The van der Waals surface area contributed by atoms with Crippen LogP contribution in [0, 0.1) is 5.92 Å². The Balaban J connectivity index is 2.19. The normalized spacial score (nSPS) is 28.3. The zero-order valence-electron chi connectivity index (χ0n) is 9.88. The molecule has 0 bridgehead atoms. The lowest BCUT2D eigenvalue weighted by Gasteiger charge is -2.31. The molecule has 0 heterocycles. The van der Waals surface area contributed by atoms with Crippen LogP contribution in [0.4, 0.5) is 0 Å². The van der Waals surface area contributed by atoms with Gasteiger partial charge in [0.15, 0.2) is 0 Å². The number of hydrogen-bond acceptors (Lipinski definition) is 2. The van der Waals surface area contributed by atoms with Gasteiger partial charge < -0.3 is 5.32 Å². The molecule has 14 heavy (non-hydrogen) atoms. The molecule has 0 saturated heterocycles. The van der Waals surface area contributed by atoms with Crippen molar-refractivity contribution >= 4 is 11.8 Å². The molecule has 2 heteroatoms. The van der Waals surface area contributed by atoms with Crippen LogP contribution in [0.3, 0.4) is 0 Å². The Morgan fingerprint density at radius 1 is 1.29 bits per heavy atom. The van der Waals surface area contributed by atoms with E-state index >= 15 is 0 Å². The standard InChI is InChI=1S/C12H25NS/c1-10(2)8-9-14-12-7-5-4-6-11(12)13-3/h10-13H,4-9H2,1-3H3. The quantitative estimate of drug-likeness (QED) is 0.755. The minimum Gasteiger partial charge on any atom is -0.316 e. The van der Waals surface area contributed by atoms with Gasteiger partial charge in [-0.2, -0.15) is 11.8 Å². The first kappa shape index (κ1) is 12.4. The van der Waals surface area contributed by atoms with Crippen LogP contribution in [-0.4, -0.2) is 24.1 Å². The number of rotatable bonds is 5. The highest BCUT2D eigenvalue weighted by atomic mass is 32.2. The number of thioether (sulfide) groups is 1. The van der Waals surface area contributed by atoms with Crippen LogP contribution in [-0.2, 0) is 0 Å². The second-order valence-corrected chi connectivity index (χ2v) is 6.12. The molecule has 84 valence electrons. The van der Waals surface area contributed by atoms with E-state index < -0.39 is 0 Å². The molecule has 0 aromatic rings. The maximum Gasteiger partial charge on any atom is 0.0201 e.